The Morgan fingerprint density at radius 3 is 2.76 bits per heavy atom. The van der Waals surface area contributed by atoms with E-state index in [1.165, 1.54) is 0 Å². The summed E-state index contributed by atoms with van der Waals surface area (Å²) in [6.07, 6.45) is 0.373. The summed E-state index contributed by atoms with van der Waals surface area (Å²) in [5.74, 6) is -0.494. The van der Waals surface area contributed by atoms with Gasteiger partial charge in [-0.25, -0.2) is 0 Å². The predicted octanol–water partition coefficient (Wildman–Crippen LogP) is 0.935. The number of aryl methyl sites for hydroxylation is 1. The van der Waals surface area contributed by atoms with E-state index in [0.29, 0.717) is 12.0 Å². The fourth-order valence-corrected chi connectivity index (χ4v) is 1.90. The Balaban J connectivity index is 2.30. The van der Waals surface area contributed by atoms with Gasteiger partial charge in [-0.1, -0.05) is 18.2 Å². The van der Waals surface area contributed by atoms with Crippen molar-refractivity contribution in [2.45, 2.75) is 13.5 Å². The molecule has 7 nitrogen and oxygen atoms in total. The number of rotatable bonds is 4. The van der Waals surface area contributed by atoms with Crippen LogP contribution in [0.3, 0.4) is 0 Å². The molecule has 0 radical (unpaired) electrons. The Morgan fingerprint density at radius 2 is 2.14 bits per heavy atom. The van der Waals surface area contributed by atoms with Crippen LogP contribution >= 0.6 is 12.2 Å². The molecule has 0 saturated carbocycles. The van der Waals surface area contributed by atoms with Crippen LogP contribution in [-0.2, 0) is 11.3 Å². The van der Waals surface area contributed by atoms with Gasteiger partial charge < -0.3 is 0 Å². The maximum Gasteiger partial charge on any atom is 0.275 e. The summed E-state index contributed by atoms with van der Waals surface area (Å²) in [4.78, 5) is 38.3. The zero-order chi connectivity index (χ0) is 15.4. The molecule has 0 saturated heterocycles. The standard InChI is InChI=1S/C13H12N4O3S/c1-8-4-2-3-5-9(8)12(20)17(7-18)6-10-11(19)14-13(21)16-15-10/h2-5,7H,6H2,1H3,(H2,14,16,19,21). The van der Waals surface area contributed by atoms with Gasteiger partial charge in [0.1, 0.15) is 5.69 Å². The lowest BCUT2D eigenvalue weighted by molar-refractivity contribution is -0.116. The number of aromatic nitrogens is 3. The Morgan fingerprint density at radius 1 is 1.43 bits per heavy atom. The van der Waals surface area contributed by atoms with Crippen molar-refractivity contribution in [1.29, 1.82) is 0 Å². The molecule has 108 valence electrons. The van der Waals surface area contributed by atoms with Crippen LogP contribution in [0.15, 0.2) is 29.1 Å². The predicted molar refractivity (Wildman–Crippen MR) is 77.2 cm³/mol. The molecule has 0 aliphatic carbocycles. The van der Waals surface area contributed by atoms with E-state index in [2.05, 4.69) is 15.2 Å². The topological polar surface area (TPSA) is 98.9 Å². The number of H-pyrrole nitrogens is 2. The lowest BCUT2D eigenvalue weighted by Gasteiger charge is -2.15. The van der Waals surface area contributed by atoms with Gasteiger partial charge >= 0.3 is 0 Å². The molecule has 2 aromatic rings. The van der Waals surface area contributed by atoms with Crippen LogP contribution in [0.1, 0.15) is 21.6 Å². The van der Waals surface area contributed by atoms with Gasteiger partial charge in [0.15, 0.2) is 4.77 Å². The average molecular weight is 304 g/mol. The van der Waals surface area contributed by atoms with Gasteiger partial charge in [0.05, 0.1) is 6.54 Å². The summed E-state index contributed by atoms with van der Waals surface area (Å²) < 4.78 is 0.0756. The number of amides is 2. The van der Waals surface area contributed by atoms with Gasteiger partial charge in [-0.15, -0.1) is 0 Å². The molecule has 0 atom stereocenters. The smallest absolute Gasteiger partial charge is 0.275 e. The van der Waals surface area contributed by atoms with Gasteiger partial charge in [-0.05, 0) is 30.8 Å². The second-order valence-electron chi connectivity index (χ2n) is 4.31. The van der Waals surface area contributed by atoms with Crippen LogP contribution in [0.5, 0.6) is 0 Å². The highest BCUT2D eigenvalue weighted by molar-refractivity contribution is 7.71. The molecule has 0 spiro atoms. The van der Waals surface area contributed by atoms with Crippen molar-refractivity contribution in [2.75, 3.05) is 0 Å². The Kier molecular flexibility index (Phi) is 4.39. The van der Waals surface area contributed by atoms with E-state index in [4.69, 9.17) is 12.2 Å². The molecule has 0 unspecified atom stereocenters. The van der Waals surface area contributed by atoms with E-state index in [0.717, 1.165) is 10.5 Å². The largest absolute Gasteiger partial charge is 0.296 e. The molecule has 0 bridgehead atoms. The summed E-state index contributed by atoms with van der Waals surface area (Å²) in [6.45, 7) is 1.53. The molecule has 0 fully saturated rings. The van der Waals surface area contributed by atoms with Crippen molar-refractivity contribution in [1.82, 2.24) is 20.1 Å². The Labute approximate surface area is 124 Å². The molecule has 21 heavy (non-hydrogen) atoms. The van der Waals surface area contributed by atoms with Crippen molar-refractivity contribution in [2.24, 2.45) is 0 Å². The third-order valence-electron chi connectivity index (χ3n) is 2.87. The van der Waals surface area contributed by atoms with E-state index >= 15 is 0 Å². The van der Waals surface area contributed by atoms with E-state index in [1.807, 2.05) is 0 Å². The van der Waals surface area contributed by atoms with Crippen LogP contribution in [0.4, 0.5) is 0 Å². The number of hydrogen-bond acceptors (Lipinski definition) is 5. The van der Waals surface area contributed by atoms with Gasteiger partial charge in [-0.3, -0.25) is 29.4 Å². The number of benzene rings is 1. The Hall–Kier alpha value is -2.61. The van der Waals surface area contributed by atoms with E-state index in [-0.39, 0.29) is 17.0 Å². The molecule has 0 aliphatic heterocycles. The van der Waals surface area contributed by atoms with Crippen molar-refractivity contribution < 1.29 is 9.59 Å². The second-order valence-corrected chi connectivity index (χ2v) is 4.72. The first kappa shape index (κ1) is 14.8. The average Bonchev–Trinajstić information content (AvgIpc) is 2.46. The van der Waals surface area contributed by atoms with Crippen molar-refractivity contribution in [3.05, 3.63) is 56.2 Å². The number of carbonyl (C=O) groups is 2. The van der Waals surface area contributed by atoms with Crippen LogP contribution in [0, 0.1) is 11.7 Å². The lowest BCUT2D eigenvalue weighted by atomic mass is 10.1. The van der Waals surface area contributed by atoms with Crippen LogP contribution < -0.4 is 5.56 Å². The quantitative estimate of drug-likeness (QED) is 0.647. The fourth-order valence-electron chi connectivity index (χ4n) is 1.77. The molecule has 2 rings (SSSR count). The molecule has 2 amide bonds. The van der Waals surface area contributed by atoms with Crippen molar-refractivity contribution in [3.8, 4) is 0 Å². The third-order valence-corrected chi connectivity index (χ3v) is 3.06. The van der Waals surface area contributed by atoms with Crippen LogP contribution in [0.25, 0.3) is 0 Å². The van der Waals surface area contributed by atoms with Crippen LogP contribution in [-0.4, -0.2) is 32.4 Å². The van der Waals surface area contributed by atoms with E-state index in [1.54, 1.807) is 31.2 Å². The van der Waals surface area contributed by atoms with E-state index < -0.39 is 11.5 Å². The van der Waals surface area contributed by atoms with Crippen molar-refractivity contribution in [3.63, 3.8) is 0 Å². The molecule has 2 N–H and O–H groups in total. The minimum absolute atomic E-state index is 0.00219. The number of hydrogen-bond donors (Lipinski definition) is 2. The maximum atomic E-state index is 12.3. The first-order valence-corrected chi connectivity index (χ1v) is 6.43. The zero-order valence-electron chi connectivity index (χ0n) is 11.1. The first-order chi connectivity index (χ1) is 10.0. The van der Waals surface area contributed by atoms with Gasteiger partial charge in [-0.2, -0.15) is 5.10 Å². The molecule has 8 heteroatoms. The number of imide groups is 1. The normalized spacial score (nSPS) is 10.1. The number of aromatic amines is 2. The first-order valence-electron chi connectivity index (χ1n) is 6.02. The van der Waals surface area contributed by atoms with Gasteiger partial charge in [0.25, 0.3) is 11.5 Å². The van der Waals surface area contributed by atoms with E-state index in [9.17, 15) is 14.4 Å². The summed E-state index contributed by atoms with van der Waals surface area (Å²) in [7, 11) is 0. The lowest BCUT2D eigenvalue weighted by Crippen LogP contribution is -2.33. The number of carbonyl (C=O) groups excluding carboxylic acids is 2. The summed E-state index contributed by atoms with van der Waals surface area (Å²) in [5.41, 5.74) is 0.592. The van der Waals surface area contributed by atoms with Crippen molar-refractivity contribution >= 4 is 24.5 Å². The molecule has 0 aliphatic rings. The third kappa shape index (κ3) is 3.29. The maximum absolute atomic E-state index is 12.3. The molecule has 1 aromatic heterocycles. The highest BCUT2D eigenvalue weighted by Crippen LogP contribution is 2.10. The molecule has 1 aromatic carbocycles. The minimum atomic E-state index is -0.539. The number of nitrogens with one attached hydrogen (secondary N) is 2. The zero-order valence-corrected chi connectivity index (χ0v) is 11.9. The van der Waals surface area contributed by atoms with Crippen LogP contribution in [0.2, 0.25) is 0 Å². The second kappa shape index (κ2) is 6.23. The van der Waals surface area contributed by atoms with Gasteiger partial charge in [0.2, 0.25) is 6.41 Å². The minimum Gasteiger partial charge on any atom is -0.296 e. The Bertz CT molecular complexity index is 796. The summed E-state index contributed by atoms with van der Waals surface area (Å²) >= 11 is 4.72. The molecular weight excluding hydrogens is 292 g/mol. The number of nitrogens with zero attached hydrogens (tertiary/aromatic N) is 2. The highest BCUT2D eigenvalue weighted by atomic mass is 32.1. The summed E-state index contributed by atoms with van der Waals surface area (Å²) in [5, 5.41) is 6.15. The molecule has 1 heterocycles. The SMILES string of the molecule is Cc1ccccc1C(=O)N(C=O)Cc1n[nH]c(=S)[nH]c1=O. The highest BCUT2D eigenvalue weighted by Gasteiger charge is 2.19. The van der Waals surface area contributed by atoms with Gasteiger partial charge in [0, 0.05) is 5.56 Å². The molecular formula is C13H12N4O3S. The summed E-state index contributed by atoms with van der Waals surface area (Å²) in [6, 6.07) is 6.88. The monoisotopic (exact) mass is 304 g/mol. The fraction of sp³-hybridized carbons (Fsp3) is 0.154.